The Kier molecular flexibility index (Phi) is 4.85. The standard InChI is InChI=1S/C17H31N3O/c18-14-17(7-2-1-3-8-17)13-16(21)20-11-9-19(10-12-20)15-5-4-6-15/h15H,1-14,18H2. The van der Waals surface area contributed by atoms with E-state index in [1.54, 1.807) is 0 Å². The maximum atomic E-state index is 12.6. The van der Waals surface area contributed by atoms with Crippen LogP contribution in [0.1, 0.15) is 57.8 Å². The monoisotopic (exact) mass is 293 g/mol. The third kappa shape index (κ3) is 3.42. The lowest BCUT2D eigenvalue weighted by atomic mass is 9.71. The molecule has 1 amide bonds. The Balaban J connectivity index is 1.49. The summed E-state index contributed by atoms with van der Waals surface area (Å²) in [5.74, 6) is 0.357. The van der Waals surface area contributed by atoms with Crippen LogP contribution in [-0.2, 0) is 4.79 Å². The molecule has 0 bridgehead atoms. The number of rotatable bonds is 4. The van der Waals surface area contributed by atoms with Gasteiger partial charge in [0, 0.05) is 38.6 Å². The van der Waals surface area contributed by atoms with Crippen molar-refractivity contribution < 1.29 is 4.79 Å². The number of hydrogen-bond acceptors (Lipinski definition) is 3. The molecule has 0 radical (unpaired) electrons. The van der Waals surface area contributed by atoms with Gasteiger partial charge < -0.3 is 10.6 Å². The van der Waals surface area contributed by atoms with Crippen LogP contribution in [-0.4, -0.2) is 54.5 Å². The SMILES string of the molecule is NCC1(CC(=O)N2CCN(C3CCC3)CC2)CCCCC1. The first kappa shape index (κ1) is 15.3. The van der Waals surface area contributed by atoms with Crippen molar-refractivity contribution in [3.63, 3.8) is 0 Å². The van der Waals surface area contributed by atoms with E-state index in [-0.39, 0.29) is 5.41 Å². The van der Waals surface area contributed by atoms with E-state index in [0.29, 0.717) is 18.9 Å². The molecule has 3 fully saturated rings. The van der Waals surface area contributed by atoms with Gasteiger partial charge in [-0.2, -0.15) is 0 Å². The third-order valence-electron chi connectivity index (χ3n) is 6.13. The highest BCUT2D eigenvalue weighted by Crippen LogP contribution is 2.39. The van der Waals surface area contributed by atoms with Crippen molar-refractivity contribution in [2.45, 2.75) is 63.8 Å². The predicted molar refractivity (Wildman–Crippen MR) is 85.0 cm³/mol. The summed E-state index contributed by atoms with van der Waals surface area (Å²) in [4.78, 5) is 17.3. The first-order valence-corrected chi connectivity index (χ1v) is 8.94. The van der Waals surface area contributed by atoms with Crippen LogP contribution in [0.3, 0.4) is 0 Å². The largest absolute Gasteiger partial charge is 0.340 e. The maximum absolute atomic E-state index is 12.6. The molecule has 4 heteroatoms. The molecule has 0 aromatic rings. The fourth-order valence-corrected chi connectivity index (χ4v) is 4.28. The molecule has 3 rings (SSSR count). The van der Waals surface area contributed by atoms with Gasteiger partial charge in [-0.15, -0.1) is 0 Å². The fraction of sp³-hybridized carbons (Fsp3) is 0.941. The van der Waals surface area contributed by atoms with Crippen LogP contribution in [0, 0.1) is 5.41 Å². The molecule has 0 spiro atoms. The Morgan fingerprint density at radius 1 is 1.00 bits per heavy atom. The van der Waals surface area contributed by atoms with Crippen LogP contribution >= 0.6 is 0 Å². The summed E-state index contributed by atoms with van der Waals surface area (Å²) in [6, 6.07) is 0.816. The number of amides is 1. The van der Waals surface area contributed by atoms with Gasteiger partial charge in [0.25, 0.3) is 0 Å². The van der Waals surface area contributed by atoms with Crippen molar-refractivity contribution in [2.24, 2.45) is 11.1 Å². The van der Waals surface area contributed by atoms with E-state index < -0.39 is 0 Å². The van der Waals surface area contributed by atoms with Crippen LogP contribution in [0.4, 0.5) is 0 Å². The quantitative estimate of drug-likeness (QED) is 0.862. The molecule has 21 heavy (non-hydrogen) atoms. The highest BCUT2D eigenvalue weighted by molar-refractivity contribution is 5.77. The third-order valence-corrected chi connectivity index (χ3v) is 6.13. The van der Waals surface area contributed by atoms with E-state index in [1.165, 1.54) is 38.5 Å². The van der Waals surface area contributed by atoms with Crippen LogP contribution in [0.5, 0.6) is 0 Å². The van der Waals surface area contributed by atoms with E-state index in [1.807, 2.05) is 0 Å². The molecule has 1 heterocycles. The topological polar surface area (TPSA) is 49.6 Å². The molecule has 120 valence electrons. The molecule has 1 saturated heterocycles. The Morgan fingerprint density at radius 3 is 2.19 bits per heavy atom. The van der Waals surface area contributed by atoms with E-state index >= 15 is 0 Å². The second-order valence-electron chi connectivity index (χ2n) is 7.44. The van der Waals surface area contributed by atoms with Crippen molar-refractivity contribution in [3.05, 3.63) is 0 Å². The highest BCUT2D eigenvalue weighted by atomic mass is 16.2. The highest BCUT2D eigenvalue weighted by Gasteiger charge is 2.36. The molecule has 0 atom stereocenters. The molecule has 2 saturated carbocycles. The van der Waals surface area contributed by atoms with Crippen molar-refractivity contribution in [2.75, 3.05) is 32.7 Å². The van der Waals surface area contributed by atoms with E-state index in [4.69, 9.17) is 5.73 Å². The van der Waals surface area contributed by atoms with Gasteiger partial charge in [0.15, 0.2) is 0 Å². The number of carbonyl (C=O) groups is 1. The summed E-state index contributed by atoms with van der Waals surface area (Å²) in [6.07, 6.45) is 10.9. The minimum absolute atomic E-state index is 0.112. The zero-order valence-electron chi connectivity index (χ0n) is 13.4. The molecule has 4 nitrogen and oxygen atoms in total. The molecule has 2 aliphatic carbocycles. The Morgan fingerprint density at radius 2 is 1.67 bits per heavy atom. The minimum Gasteiger partial charge on any atom is -0.340 e. The summed E-state index contributed by atoms with van der Waals surface area (Å²) >= 11 is 0. The molecule has 0 aromatic carbocycles. The number of carbonyl (C=O) groups excluding carboxylic acids is 1. The average molecular weight is 293 g/mol. The fourth-order valence-electron chi connectivity index (χ4n) is 4.28. The van der Waals surface area contributed by atoms with Gasteiger partial charge in [0.05, 0.1) is 0 Å². The summed E-state index contributed by atoms with van der Waals surface area (Å²) in [6.45, 7) is 4.69. The van der Waals surface area contributed by atoms with Gasteiger partial charge >= 0.3 is 0 Å². The zero-order chi connectivity index (χ0) is 14.7. The normalized spacial score (nSPS) is 27.4. The first-order chi connectivity index (χ1) is 10.2. The van der Waals surface area contributed by atoms with Crippen LogP contribution < -0.4 is 5.73 Å². The van der Waals surface area contributed by atoms with Gasteiger partial charge in [-0.05, 0) is 37.6 Å². The number of piperazine rings is 1. The summed E-state index contributed by atoms with van der Waals surface area (Å²) in [5, 5.41) is 0. The van der Waals surface area contributed by atoms with E-state index in [9.17, 15) is 4.79 Å². The molecule has 1 aliphatic heterocycles. The van der Waals surface area contributed by atoms with Crippen molar-refractivity contribution in [1.82, 2.24) is 9.80 Å². The molecular formula is C17H31N3O. The lowest BCUT2D eigenvalue weighted by Crippen LogP contribution is -2.54. The van der Waals surface area contributed by atoms with E-state index in [2.05, 4.69) is 9.80 Å². The van der Waals surface area contributed by atoms with Crippen molar-refractivity contribution >= 4 is 5.91 Å². The second-order valence-corrected chi connectivity index (χ2v) is 7.44. The molecule has 0 unspecified atom stereocenters. The van der Waals surface area contributed by atoms with Crippen LogP contribution in [0.2, 0.25) is 0 Å². The first-order valence-electron chi connectivity index (χ1n) is 8.94. The summed E-state index contributed by atoms with van der Waals surface area (Å²) < 4.78 is 0. The van der Waals surface area contributed by atoms with Gasteiger partial charge in [-0.1, -0.05) is 25.7 Å². The lowest BCUT2D eigenvalue weighted by molar-refractivity contribution is -0.136. The predicted octanol–water partition coefficient (Wildman–Crippen LogP) is 1.98. The molecular weight excluding hydrogens is 262 g/mol. The second kappa shape index (κ2) is 6.66. The minimum atomic E-state index is 0.112. The zero-order valence-corrected chi connectivity index (χ0v) is 13.4. The molecule has 3 aliphatic rings. The number of nitrogens with two attached hydrogens (primary N) is 1. The lowest BCUT2D eigenvalue weighted by Gasteiger charge is -2.44. The maximum Gasteiger partial charge on any atom is 0.223 e. The number of nitrogens with zero attached hydrogens (tertiary/aromatic N) is 2. The molecule has 2 N–H and O–H groups in total. The van der Waals surface area contributed by atoms with Gasteiger partial charge in [0.1, 0.15) is 0 Å². The van der Waals surface area contributed by atoms with Gasteiger partial charge in [-0.25, -0.2) is 0 Å². The Hall–Kier alpha value is -0.610. The summed E-state index contributed by atoms with van der Waals surface area (Å²) in [5.41, 5.74) is 6.14. The van der Waals surface area contributed by atoms with Crippen molar-refractivity contribution in [1.29, 1.82) is 0 Å². The summed E-state index contributed by atoms with van der Waals surface area (Å²) in [7, 11) is 0. The Bertz CT molecular complexity index is 353. The molecule has 0 aromatic heterocycles. The van der Waals surface area contributed by atoms with Crippen LogP contribution in [0.15, 0.2) is 0 Å². The number of hydrogen-bond donors (Lipinski definition) is 1. The van der Waals surface area contributed by atoms with E-state index in [0.717, 1.165) is 45.1 Å². The smallest absolute Gasteiger partial charge is 0.223 e. The van der Waals surface area contributed by atoms with Crippen LogP contribution in [0.25, 0.3) is 0 Å². The van der Waals surface area contributed by atoms with Crippen molar-refractivity contribution in [3.8, 4) is 0 Å². The Labute approximate surface area is 129 Å². The van der Waals surface area contributed by atoms with Gasteiger partial charge in [0.2, 0.25) is 5.91 Å². The average Bonchev–Trinajstić information content (AvgIpc) is 2.47. The van der Waals surface area contributed by atoms with Gasteiger partial charge in [-0.3, -0.25) is 9.69 Å².